The molecular weight excluding hydrogens is 290 g/mol. The van der Waals surface area contributed by atoms with Crippen LogP contribution in [0.5, 0.6) is 0 Å². The second kappa shape index (κ2) is 5.43. The maximum Gasteiger partial charge on any atom is 0.251 e. The molecule has 1 amide bonds. The normalized spacial score (nSPS) is 16.4. The molecular formula is C15H20BrNO. The highest BCUT2D eigenvalue weighted by molar-refractivity contribution is 9.09. The third kappa shape index (κ3) is 2.94. The molecule has 1 aromatic rings. The number of amides is 1. The Kier molecular flexibility index (Phi) is 4.10. The van der Waals surface area contributed by atoms with Gasteiger partial charge in [-0.05, 0) is 49.7 Å². The molecule has 1 aliphatic carbocycles. The zero-order chi connectivity index (χ0) is 13.2. The lowest BCUT2D eigenvalue weighted by molar-refractivity contribution is 0.0943. The van der Waals surface area contributed by atoms with Crippen LogP contribution in [0.4, 0.5) is 0 Å². The zero-order valence-electron chi connectivity index (χ0n) is 11.1. The molecule has 2 nitrogen and oxygen atoms in total. The molecule has 0 heterocycles. The highest BCUT2D eigenvalue weighted by Crippen LogP contribution is 2.48. The molecule has 1 aromatic carbocycles. The van der Waals surface area contributed by atoms with Crippen LogP contribution in [-0.2, 0) is 0 Å². The summed E-state index contributed by atoms with van der Waals surface area (Å²) in [5, 5.41) is 4.13. The van der Waals surface area contributed by atoms with Crippen LogP contribution in [-0.4, -0.2) is 17.8 Å². The number of hydrogen-bond acceptors (Lipinski definition) is 1. The van der Waals surface area contributed by atoms with Crippen molar-refractivity contribution in [2.75, 3.05) is 11.9 Å². The molecule has 0 aliphatic heterocycles. The largest absolute Gasteiger partial charge is 0.351 e. The van der Waals surface area contributed by atoms with Crippen LogP contribution in [0.25, 0.3) is 0 Å². The molecule has 0 atom stereocenters. The number of carbonyl (C=O) groups excluding carboxylic acids is 1. The first kappa shape index (κ1) is 13.6. The standard InChI is InChI=1S/C15H20BrNO/c1-11-4-3-5-12(2)13(11)14(18)17-10-15(6-7-15)8-9-16/h3-5H,6-10H2,1-2H3,(H,17,18). The Labute approximate surface area is 117 Å². The van der Waals surface area contributed by atoms with E-state index in [0.29, 0.717) is 5.41 Å². The van der Waals surface area contributed by atoms with Crippen molar-refractivity contribution in [2.24, 2.45) is 5.41 Å². The molecule has 0 radical (unpaired) electrons. The molecule has 0 bridgehead atoms. The van der Waals surface area contributed by atoms with Gasteiger partial charge in [-0.1, -0.05) is 34.1 Å². The Morgan fingerprint density at radius 1 is 1.33 bits per heavy atom. The molecule has 2 rings (SSSR count). The summed E-state index contributed by atoms with van der Waals surface area (Å²) >= 11 is 3.49. The molecule has 1 N–H and O–H groups in total. The Balaban J connectivity index is 2.00. The third-order valence-corrected chi connectivity index (χ3v) is 4.31. The van der Waals surface area contributed by atoms with Gasteiger partial charge in [0.05, 0.1) is 0 Å². The van der Waals surface area contributed by atoms with Gasteiger partial charge in [-0.2, -0.15) is 0 Å². The molecule has 0 saturated heterocycles. The van der Waals surface area contributed by atoms with Crippen molar-refractivity contribution in [3.63, 3.8) is 0 Å². The number of nitrogens with one attached hydrogen (secondary N) is 1. The Bertz CT molecular complexity index is 432. The summed E-state index contributed by atoms with van der Waals surface area (Å²) in [4.78, 5) is 12.2. The number of rotatable bonds is 5. The molecule has 1 saturated carbocycles. The number of alkyl halides is 1. The number of benzene rings is 1. The van der Waals surface area contributed by atoms with Crippen LogP contribution >= 0.6 is 15.9 Å². The van der Waals surface area contributed by atoms with Crippen LogP contribution in [0, 0.1) is 19.3 Å². The van der Waals surface area contributed by atoms with Crippen molar-refractivity contribution < 1.29 is 4.79 Å². The fourth-order valence-corrected chi connectivity index (χ4v) is 3.26. The zero-order valence-corrected chi connectivity index (χ0v) is 12.6. The first-order valence-electron chi connectivity index (χ1n) is 6.48. The van der Waals surface area contributed by atoms with E-state index in [9.17, 15) is 4.79 Å². The fraction of sp³-hybridized carbons (Fsp3) is 0.533. The number of aryl methyl sites for hydroxylation is 2. The highest BCUT2D eigenvalue weighted by Gasteiger charge is 2.41. The van der Waals surface area contributed by atoms with E-state index in [2.05, 4.69) is 21.2 Å². The van der Waals surface area contributed by atoms with Crippen molar-refractivity contribution in [1.82, 2.24) is 5.32 Å². The van der Waals surface area contributed by atoms with E-state index in [1.54, 1.807) is 0 Å². The molecule has 3 heteroatoms. The van der Waals surface area contributed by atoms with Crippen LogP contribution in [0.3, 0.4) is 0 Å². The Hall–Kier alpha value is -0.830. The van der Waals surface area contributed by atoms with E-state index < -0.39 is 0 Å². The molecule has 0 aromatic heterocycles. The predicted molar refractivity (Wildman–Crippen MR) is 78.3 cm³/mol. The van der Waals surface area contributed by atoms with E-state index in [0.717, 1.165) is 35.0 Å². The lowest BCUT2D eigenvalue weighted by Gasteiger charge is -2.16. The smallest absolute Gasteiger partial charge is 0.251 e. The Morgan fingerprint density at radius 2 is 1.94 bits per heavy atom. The highest BCUT2D eigenvalue weighted by atomic mass is 79.9. The van der Waals surface area contributed by atoms with Crippen molar-refractivity contribution in [3.8, 4) is 0 Å². The van der Waals surface area contributed by atoms with Gasteiger partial charge in [-0.3, -0.25) is 4.79 Å². The van der Waals surface area contributed by atoms with Crippen LogP contribution in [0.15, 0.2) is 18.2 Å². The average Bonchev–Trinajstić information content (AvgIpc) is 3.07. The fourth-order valence-electron chi connectivity index (χ4n) is 2.42. The monoisotopic (exact) mass is 309 g/mol. The predicted octanol–water partition coefficient (Wildman–Crippen LogP) is 3.60. The van der Waals surface area contributed by atoms with Crippen LogP contribution < -0.4 is 5.32 Å². The molecule has 1 aliphatic rings. The topological polar surface area (TPSA) is 29.1 Å². The van der Waals surface area contributed by atoms with Crippen molar-refractivity contribution in [3.05, 3.63) is 34.9 Å². The van der Waals surface area contributed by atoms with E-state index in [4.69, 9.17) is 0 Å². The second-order valence-electron chi connectivity index (χ2n) is 5.39. The lowest BCUT2D eigenvalue weighted by atomic mass is 10.0. The first-order valence-corrected chi connectivity index (χ1v) is 7.60. The lowest BCUT2D eigenvalue weighted by Crippen LogP contribution is -2.31. The minimum atomic E-state index is 0.0754. The van der Waals surface area contributed by atoms with Crippen molar-refractivity contribution in [1.29, 1.82) is 0 Å². The minimum absolute atomic E-state index is 0.0754. The van der Waals surface area contributed by atoms with E-state index in [-0.39, 0.29) is 5.91 Å². The van der Waals surface area contributed by atoms with Crippen molar-refractivity contribution >= 4 is 21.8 Å². The van der Waals surface area contributed by atoms with Gasteiger partial charge in [0.1, 0.15) is 0 Å². The summed E-state index contributed by atoms with van der Waals surface area (Å²) in [6.45, 7) is 4.80. The van der Waals surface area contributed by atoms with Gasteiger partial charge < -0.3 is 5.32 Å². The summed E-state index contributed by atoms with van der Waals surface area (Å²) in [5.41, 5.74) is 3.32. The van der Waals surface area contributed by atoms with Gasteiger partial charge in [0.15, 0.2) is 0 Å². The van der Waals surface area contributed by atoms with Gasteiger partial charge in [0.25, 0.3) is 5.91 Å². The van der Waals surface area contributed by atoms with Crippen LogP contribution in [0.1, 0.15) is 40.7 Å². The second-order valence-corrected chi connectivity index (χ2v) is 6.18. The summed E-state index contributed by atoms with van der Waals surface area (Å²) in [7, 11) is 0. The van der Waals surface area contributed by atoms with E-state index in [1.165, 1.54) is 12.8 Å². The maximum absolute atomic E-state index is 12.2. The SMILES string of the molecule is Cc1cccc(C)c1C(=O)NCC1(CCBr)CC1. The molecule has 0 unspecified atom stereocenters. The minimum Gasteiger partial charge on any atom is -0.351 e. The summed E-state index contributed by atoms with van der Waals surface area (Å²) < 4.78 is 0. The Morgan fingerprint density at radius 3 is 2.44 bits per heavy atom. The third-order valence-electron chi connectivity index (χ3n) is 3.91. The van der Waals surface area contributed by atoms with Crippen molar-refractivity contribution in [2.45, 2.75) is 33.1 Å². The molecule has 1 fully saturated rings. The van der Waals surface area contributed by atoms with E-state index >= 15 is 0 Å². The maximum atomic E-state index is 12.2. The number of halogens is 1. The molecule has 0 spiro atoms. The quantitative estimate of drug-likeness (QED) is 0.827. The summed E-state index contributed by atoms with van der Waals surface area (Å²) in [6.07, 6.45) is 3.64. The summed E-state index contributed by atoms with van der Waals surface area (Å²) in [6, 6.07) is 5.98. The molecule has 98 valence electrons. The van der Waals surface area contributed by atoms with Gasteiger partial charge in [0, 0.05) is 17.4 Å². The van der Waals surface area contributed by atoms with Gasteiger partial charge in [-0.15, -0.1) is 0 Å². The van der Waals surface area contributed by atoms with E-state index in [1.807, 2.05) is 32.0 Å². The summed E-state index contributed by atoms with van der Waals surface area (Å²) in [5.74, 6) is 0.0754. The number of hydrogen-bond donors (Lipinski definition) is 1. The van der Waals surface area contributed by atoms with Gasteiger partial charge in [-0.25, -0.2) is 0 Å². The van der Waals surface area contributed by atoms with Gasteiger partial charge in [0.2, 0.25) is 0 Å². The van der Waals surface area contributed by atoms with Crippen LogP contribution in [0.2, 0.25) is 0 Å². The number of carbonyl (C=O) groups is 1. The average molecular weight is 310 g/mol. The van der Waals surface area contributed by atoms with Gasteiger partial charge >= 0.3 is 0 Å². The molecule has 18 heavy (non-hydrogen) atoms. The first-order chi connectivity index (χ1) is 8.58.